The molecule has 0 saturated heterocycles. The van der Waals surface area contributed by atoms with Crippen molar-refractivity contribution >= 4 is 11.8 Å². The van der Waals surface area contributed by atoms with Crippen LogP contribution in [0.4, 0.5) is 0 Å². The zero-order chi connectivity index (χ0) is 22.5. The first-order chi connectivity index (χ1) is 16.3. The molecule has 0 N–H and O–H groups in total. The maximum atomic E-state index is 4.98. The van der Waals surface area contributed by atoms with Gasteiger partial charge in [-0.05, 0) is 65.1 Å². The van der Waals surface area contributed by atoms with Crippen LogP contribution in [-0.4, -0.2) is 22.7 Å². The lowest BCUT2D eigenvalue weighted by atomic mass is 9.99. The molecular weight excluding hydrogens is 402 g/mol. The van der Waals surface area contributed by atoms with Gasteiger partial charge in [-0.25, -0.2) is 4.98 Å². The number of aromatic nitrogens is 2. The predicted molar refractivity (Wildman–Crippen MR) is 137 cm³/mol. The molecule has 3 nitrogen and oxygen atoms in total. The molecule has 4 aromatic rings. The Morgan fingerprint density at radius 2 is 1.24 bits per heavy atom. The highest BCUT2D eigenvalue weighted by Crippen LogP contribution is 2.28. The fourth-order valence-electron chi connectivity index (χ4n) is 3.91. The van der Waals surface area contributed by atoms with E-state index in [1.165, 1.54) is 22.3 Å². The van der Waals surface area contributed by atoms with Crippen LogP contribution < -0.4 is 0 Å². The van der Waals surface area contributed by atoms with Gasteiger partial charge in [-0.15, -0.1) is 0 Å². The SMILES string of the molecule is Cc1cc(-c2ccc(/C3=C/C=NCC#CC3)cc2)nc(-c2ccc(-c3ccncc3)cc2)c1. The molecule has 33 heavy (non-hydrogen) atoms. The second-order valence-corrected chi connectivity index (χ2v) is 8.02. The third-order valence-electron chi connectivity index (χ3n) is 5.67. The van der Waals surface area contributed by atoms with Crippen LogP contribution in [0.5, 0.6) is 0 Å². The van der Waals surface area contributed by atoms with Crippen LogP contribution in [0.1, 0.15) is 17.5 Å². The molecule has 3 heteroatoms. The molecule has 0 fully saturated rings. The Morgan fingerprint density at radius 1 is 0.667 bits per heavy atom. The van der Waals surface area contributed by atoms with Crippen LogP contribution in [-0.2, 0) is 0 Å². The first-order valence-electron chi connectivity index (χ1n) is 11.0. The lowest BCUT2D eigenvalue weighted by Gasteiger charge is -2.10. The Labute approximate surface area is 194 Å². The Kier molecular flexibility index (Phi) is 5.91. The lowest BCUT2D eigenvalue weighted by molar-refractivity contribution is 1.28. The zero-order valence-corrected chi connectivity index (χ0v) is 18.5. The fourth-order valence-corrected chi connectivity index (χ4v) is 3.91. The van der Waals surface area contributed by atoms with Gasteiger partial charge >= 0.3 is 0 Å². The quantitative estimate of drug-likeness (QED) is 0.343. The van der Waals surface area contributed by atoms with E-state index < -0.39 is 0 Å². The summed E-state index contributed by atoms with van der Waals surface area (Å²) in [6, 6.07) is 25.4. The van der Waals surface area contributed by atoms with Gasteiger partial charge in [-0.1, -0.05) is 60.4 Å². The molecule has 1 aliphatic heterocycles. The maximum Gasteiger partial charge on any atom is 0.0997 e. The predicted octanol–water partition coefficient (Wildman–Crippen LogP) is 6.65. The van der Waals surface area contributed by atoms with Crippen molar-refractivity contribution in [1.82, 2.24) is 9.97 Å². The van der Waals surface area contributed by atoms with Crippen LogP contribution >= 0.6 is 0 Å². The Bertz CT molecular complexity index is 1390. The fraction of sp³-hybridized carbons (Fsp3) is 0.100. The summed E-state index contributed by atoms with van der Waals surface area (Å²) in [5, 5.41) is 0. The minimum absolute atomic E-state index is 0.580. The standard InChI is InChI=1S/C30H23N3/c1-22-20-29(27-9-5-24(6-10-27)23-4-2-3-16-31-17-13-23)33-30(21-22)28-11-7-25(8-12-28)26-14-18-32-19-15-26/h5-15,17-21H,4,16H2,1H3/b23-13+,31-17?. The number of hydrogen-bond acceptors (Lipinski definition) is 3. The summed E-state index contributed by atoms with van der Waals surface area (Å²) in [6.07, 6.45) is 8.29. The van der Waals surface area contributed by atoms with Gasteiger partial charge in [0.1, 0.15) is 0 Å². The molecule has 0 atom stereocenters. The lowest BCUT2D eigenvalue weighted by Crippen LogP contribution is -1.92. The molecule has 0 amide bonds. The molecule has 0 bridgehead atoms. The van der Waals surface area contributed by atoms with Crippen LogP contribution in [0.25, 0.3) is 39.2 Å². The normalized spacial score (nSPS) is 14.4. The molecule has 1 aliphatic rings. The largest absolute Gasteiger partial charge is 0.280 e. The topological polar surface area (TPSA) is 38.1 Å². The number of hydrogen-bond donors (Lipinski definition) is 0. The van der Waals surface area contributed by atoms with E-state index in [-0.39, 0.29) is 0 Å². The van der Waals surface area contributed by atoms with Crippen molar-refractivity contribution in [3.63, 3.8) is 0 Å². The van der Waals surface area contributed by atoms with Crippen molar-refractivity contribution in [2.75, 3.05) is 6.54 Å². The minimum atomic E-state index is 0.580. The van der Waals surface area contributed by atoms with Crippen LogP contribution in [0.2, 0.25) is 0 Å². The average molecular weight is 426 g/mol. The summed E-state index contributed by atoms with van der Waals surface area (Å²) >= 11 is 0. The molecule has 158 valence electrons. The number of allylic oxidation sites excluding steroid dienone is 2. The van der Waals surface area contributed by atoms with Crippen molar-refractivity contribution in [3.05, 3.63) is 102 Å². The van der Waals surface area contributed by atoms with E-state index in [4.69, 9.17) is 4.98 Å². The van der Waals surface area contributed by atoms with Gasteiger partial charge in [0.05, 0.1) is 17.9 Å². The summed E-state index contributed by atoms with van der Waals surface area (Å²) in [4.78, 5) is 13.3. The van der Waals surface area contributed by atoms with Crippen LogP contribution in [0, 0.1) is 18.8 Å². The third-order valence-corrected chi connectivity index (χ3v) is 5.67. The smallest absolute Gasteiger partial charge is 0.0997 e. The second-order valence-electron chi connectivity index (χ2n) is 8.02. The number of rotatable bonds is 4. The average Bonchev–Trinajstić information content (AvgIpc) is 2.84. The number of benzene rings is 2. The van der Waals surface area contributed by atoms with E-state index >= 15 is 0 Å². The summed E-state index contributed by atoms with van der Waals surface area (Å²) in [7, 11) is 0. The molecule has 2 aromatic carbocycles. The molecule has 0 spiro atoms. The molecule has 0 aliphatic carbocycles. The first kappa shape index (κ1) is 20.6. The highest BCUT2D eigenvalue weighted by Gasteiger charge is 2.08. The van der Waals surface area contributed by atoms with E-state index in [1.807, 2.05) is 30.7 Å². The first-order valence-corrected chi connectivity index (χ1v) is 11.0. The van der Waals surface area contributed by atoms with E-state index in [0.717, 1.165) is 34.5 Å². The highest BCUT2D eigenvalue weighted by molar-refractivity contribution is 5.86. The monoisotopic (exact) mass is 425 g/mol. The molecule has 3 heterocycles. The zero-order valence-electron chi connectivity index (χ0n) is 18.5. The molecule has 5 rings (SSSR count). The summed E-state index contributed by atoms with van der Waals surface area (Å²) in [5.74, 6) is 6.25. The number of pyridine rings is 2. The van der Waals surface area contributed by atoms with Gasteiger partial charge in [-0.2, -0.15) is 0 Å². The highest BCUT2D eigenvalue weighted by atomic mass is 14.7. The molecule has 2 aromatic heterocycles. The van der Waals surface area contributed by atoms with E-state index in [1.54, 1.807) is 0 Å². The summed E-state index contributed by atoms with van der Waals surface area (Å²) in [6.45, 7) is 2.70. The minimum Gasteiger partial charge on any atom is -0.280 e. The van der Waals surface area contributed by atoms with Crippen LogP contribution in [0.15, 0.2) is 96.3 Å². The van der Waals surface area contributed by atoms with Crippen molar-refractivity contribution in [2.24, 2.45) is 4.99 Å². The summed E-state index contributed by atoms with van der Waals surface area (Å²) in [5.41, 5.74) is 10.0. The van der Waals surface area contributed by atoms with E-state index in [0.29, 0.717) is 6.54 Å². The third kappa shape index (κ3) is 4.81. The number of aliphatic imine (C=N–C) groups is 1. The number of aryl methyl sites for hydroxylation is 1. The Morgan fingerprint density at radius 3 is 1.91 bits per heavy atom. The van der Waals surface area contributed by atoms with Gasteiger partial charge < -0.3 is 0 Å². The Balaban J connectivity index is 1.43. The van der Waals surface area contributed by atoms with Crippen LogP contribution in [0.3, 0.4) is 0 Å². The second kappa shape index (κ2) is 9.46. The van der Waals surface area contributed by atoms with Crippen molar-refractivity contribution in [2.45, 2.75) is 13.3 Å². The van der Waals surface area contributed by atoms with E-state index in [2.05, 4.69) is 95.5 Å². The number of nitrogens with zero attached hydrogens (tertiary/aromatic N) is 3. The van der Waals surface area contributed by atoms with Crippen molar-refractivity contribution in [1.29, 1.82) is 0 Å². The molecule has 0 radical (unpaired) electrons. The molecular formula is C30H23N3. The van der Waals surface area contributed by atoms with Gasteiger partial charge in [0, 0.05) is 36.2 Å². The molecule has 0 unspecified atom stereocenters. The van der Waals surface area contributed by atoms with Crippen molar-refractivity contribution < 1.29 is 0 Å². The Hall–Kier alpha value is -4.29. The maximum absolute atomic E-state index is 4.98. The van der Waals surface area contributed by atoms with Gasteiger partial charge in [-0.3, -0.25) is 9.98 Å². The van der Waals surface area contributed by atoms with Crippen molar-refractivity contribution in [3.8, 4) is 45.5 Å². The van der Waals surface area contributed by atoms with Gasteiger partial charge in [0.2, 0.25) is 0 Å². The van der Waals surface area contributed by atoms with Gasteiger partial charge in [0.15, 0.2) is 0 Å². The molecule has 0 saturated carbocycles. The summed E-state index contributed by atoms with van der Waals surface area (Å²) < 4.78 is 0. The van der Waals surface area contributed by atoms with E-state index in [9.17, 15) is 0 Å². The van der Waals surface area contributed by atoms with Gasteiger partial charge in [0.25, 0.3) is 0 Å².